The minimum absolute atomic E-state index is 0.260. The van der Waals surface area contributed by atoms with Gasteiger partial charge in [-0.3, -0.25) is 15.2 Å². The lowest BCUT2D eigenvalue weighted by Crippen LogP contribution is -2.47. The number of anilines is 2. The number of hydrogen-bond donors (Lipinski definition) is 2. The SMILES string of the molecule is Cc1ccc(N2C=C(Cl)C(Cl)C(=O)N2)c(N)c1. The normalized spacial score (nSPS) is 19.9. The fourth-order valence-electron chi connectivity index (χ4n) is 1.54. The third-order valence-corrected chi connectivity index (χ3v) is 3.26. The Morgan fingerprint density at radius 1 is 1.47 bits per heavy atom. The number of rotatable bonds is 1. The van der Waals surface area contributed by atoms with E-state index in [2.05, 4.69) is 5.43 Å². The summed E-state index contributed by atoms with van der Waals surface area (Å²) in [5.74, 6) is -0.376. The highest BCUT2D eigenvalue weighted by Gasteiger charge is 2.27. The minimum atomic E-state index is -0.848. The molecule has 1 unspecified atom stereocenters. The maximum absolute atomic E-state index is 11.5. The zero-order chi connectivity index (χ0) is 12.6. The molecule has 0 spiro atoms. The van der Waals surface area contributed by atoms with E-state index in [-0.39, 0.29) is 10.9 Å². The molecule has 17 heavy (non-hydrogen) atoms. The number of benzene rings is 1. The lowest BCUT2D eigenvalue weighted by molar-refractivity contribution is -0.120. The van der Waals surface area contributed by atoms with Crippen molar-refractivity contribution in [3.05, 3.63) is 35.0 Å². The average molecular weight is 272 g/mol. The summed E-state index contributed by atoms with van der Waals surface area (Å²) in [6, 6.07) is 5.52. The molecule has 2 rings (SSSR count). The molecular formula is C11H11Cl2N3O. The number of aryl methyl sites for hydroxylation is 1. The summed E-state index contributed by atoms with van der Waals surface area (Å²) >= 11 is 11.6. The van der Waals surface area contributed by atoms with Crippen LogP contribution in [0, 0.1) is 6.92 Å². The van der Waals surface area contributed by atoms with Crippen molar-refractivity contribution in [2.75, 3.05) is 10.7 Å². The van der Waals surface area contributed by atoms with E-state index in [4.69, 9.17) is 28.9 Å². The van der Waals surface area contributed by atoms with Gasteiger partial charge < -0.3 is 5.73 Å². The molecule has 90 valence electrons. The Kier molecular flexibility index (Phi) is 3.17. The van der Waals surface area contributed by atoms with E-state index in [0.717, 1.165) is 5.56 Å². The van der Waals surface area contributed by atoms with Crippen molar-refractivity contribution in [2.24, 2.45) is 0 Å². The third-order valence-electron chi connectivity index (χ3n) is 2.40. The standard InChI is InChI=1S/C11H11Cl2N3O/c1-6-2-3-9(8(14)4-6)16-5-7(12)10(13)11(17)15-16/h2-5,10H,14H2,1H3,(H,15,17). The Balaban J connectivity index is 2.38. The summed E-state index contributed by atoms with van der Waals surface area (Å²) in [4.78, 5) is 11.5. The summed E-state index contributed by atoms with van der Waals surface area (Å²) in [7, 11) is 0. The second-order valence-electron chi connectivity index (χ2n) is 3.78. The van der Waals surface area contributed by atoms with Crippen LogP contribution in [-0.2, 0) is 4.79 Å². The van der Waals surface area contributed by atoms with Crippen LogP contribution in [0.3, 0.4) is 0 Å². The fraction of sp³-hybridized carbons (Fsp3) is 0.182. The first kappa shape index (κ1) is 12.1. The van der Waals surface area contributed by atoms with Crippen molar-refractivity contribution in [3.8, 4) is 0 Å². The molecule has 1 aromatic rings. The summed E-state index contributed by atoms with van der Waals surface area (Å²) in [6.07, 6.45) is 1.54. The van der Waals surface area contributed by atoms with Crippen LogP contribution < -0.4 is 16.2 Å². The molecule has 0 fully saturated rings. The monoisotopic (exact) mass is 271 g/mol. The molecule has 0 saturated heterocycles. The number of nitrogens with one attached hydrogen (secondary N) is 1. The molecule has 0 aromatic heterocycles. The van der Waals surface area contributed by atoms with E-state index in [1.807, 2.05) is 19.1 Å². The molecule has 0 radical (unpaired) electrons. The van der Waals surface area contributed by atoms with Crippen LogP contribution in [0.4, 0.5) is 11.4 Å². The van der Waals surface area contributed by atoms with Gasteiger partial charge in [0.15, 0.2) is 5.38 Å². The highest BCUT2D eigenvalue weighted by Crippen LogP contribution is 2.28. The highest BCUT2D eigenvalue weighted by molar-refractivity contribution is 6.43. The second kappa shape index (κ2) is 4.47. The summed E-state index contributed by atoms with van der Waals surface area (Å²) in [5.41, 5.74) is 10.7. The molecule has 1 amide bonds. The fourth-order valence-corrected chi connectivity index (χ4v) is 1.85. The predicted octanol–water partition coefficient (Wildman–Crippen LogP) is 2.12. The highest BCUT2D eigenvalue weighted by atomic mass is 35.5. The van der Waals surface area contributed by atoms with Gasteiger partial charge in [0.25, 0.3) is 5.91 Å². The quantitative estimate of drug-likeness (QED) is 0.608. The Labute approximate surface area is 109 Å². The van der Waals surface area contributed by atoms with Gasteiger partial charge in [0.2, 0.25) is 0 Å². The number of hydrazine groups is 1. The van der Waals surface area contributed by atoms with Crippen molar-refractivity contribution in [3.63, 3.8) is 0 Å². The molecule has 6 heteroatoms. The molecule has 0 saturated carbocycles. The number of nitrogens with zero attached hydrogens (tertiary/aromatic N) is 1. The molecule has 1 aromatic carbocycles. The predicted molar refractivity (Wildman–Crippen MR) is 69.8 cm³/mol. The Morgan fingerprint density at radius 3 is 2.76 bits per heavy atom. The molecule has 4 nitrogen and oxygen atoms in total. The maximum Gasteiger partial charge on any atom is 0.262 e. The third kappa shape index (κ3) is 2.33. The van der Waals surface area contributed by atoms with E-state index < -0.39 is 5.38 Å². The molecule has 1 aliphatic rings. The number of carbonyl (C=O) groups is 1. The van der Waals surface area contributed by atoms with Crippen molar-refractivity contribution in [1.29, 1.82) is 0 Å². The molecule has 1 aliphatic heterocycles. The van der Waals surface area contributed by atoms with E-state index in [1.54, 1.807) is 12.3 Å². The second-order valence-corrected chi connectivity index (χ2v) is 4.66. The molecular weight excluding hydrogens is 261 g/mol. The Morgan fingerprint density at radius 2 is 2.18 bits per heavy atom. The minimum Gasteiger partial charge on any atom is -0.397 e. The average Bonchev–Trinajstić information content (AvgIpc) is 2.25. The van der Waals surface area contributed by atoms with E-state index in [9.17, 15) is 4.79 Å². The van der Waals surface area contributed by atoms with Gasteiger partial charge in [-0.05, 0) is 24.6 Å². The maximum atomic E-state index is 11.5. The number of carbonyl (C=O) groups excluding carboxylic acids is 1. The van der Waals surface area contributed by atoms with Gasteiger partial charge in [-0.25, -0.2) is 0 Å². The molecule has 0 aliphatic carbocycles. The number of halogens is 2. The Bertz CT molecular complexity index is 501. The van der Waals surface area contributed by atoms with Crippen LogP contribution in [0.5, 0.6) is 0 Å². The van der Waals surface area contributed by atoms with Gasteiger partial charge in [0.1, 0.15) is 0 Å². The molecule has 1 heterocycles. The first-order valence-electron chi connectivity index (χ1n) is 4.96. The van der Waals surface area contributed by atoms with Gasteiger partial charge in [-0.2, -0.15) is 0 Å². The lowest BCUT2D eigenvalue weighted by atomic mass is 10.2. The summed E-state index contributed by atoms with van der Waals surface area (Å²) in [6.45, 7) is 1.94. The van der Waals surface area contributed by atoms with Gasteiger partial charge in [0, 0.05) is 6.20 Å². The number of alkyl halides is 1. The summed E-state index contributed by atoms with van der Waals surface area (Å²) < 4.78 is 0. The van der Waals surface area contributed by atoms with E-state index >= 15 is 0 Å². The van der Waals surface area contributed by atoms with Crippen LogP contribution in [0.15, 0.2) is 29.4 Å². The zero-order valence-corrected chi connectivity index (χ0v) is 10.6. The van der Waals surface area contributed by atoms with Crippen LogP contribution in [0.1, 0.15) is 5.56 Å². The van der Waals surface area contributed by atoms with E-state index in [1.165, 1.54) is 5.01 Å². The van der Waals surface area contributed by atoms with Crippen LogP contribution in [0.2, 0.25) is 0 Å². The molecule has 0 bridgehead atoms. The van der Waals surface area contributed by atoms with Crippen LogP contribution in [-0.4, -0.2) is 11.3 Å². The number of amides is 1. The number of nitrogen functional groups attached to an aromatic ring is 1. The van der Waals surface area contributed by atoms with Gasteiger partial charge in [0.05, 0.1) is 16.4 Å². The van der Waals surface area contributed by atoms with E-state index in [0.29, 0.717) is 11.4 Å². The zero-order valence-electron chi connectivity index (χ0n) is 9.08. The van der Waals surface area contributed by atoms with Crippen LogP contribution in [0.25, 0.3) is 0 Å². The lowest BCUT2D eigenvalue weighted by Gasteiger charge is -2.28. The topological polar surface area (TPSA) is 58.4 Å². The molecule has 3 N–H and O–H groups in total. The largest absolute Gasteiger partial charge is 0.397 e. The van der Waals surface area contributed by atoms with Crippen molar-refractivity contribution < 1.29 is 4.79 Å². The number of hydrogen-bond acceptors (Lipinski definition) is 3. The van der Waals surface area contributed by atoms with Gasteiger partial charge >= 0.3 is 0 Å². The van der Waals surface area contributed by atoms with Crippen molar-refractivity contribution in [1.82, 2.24) is 5.43 Å². The smallest absolute Gasteiger partial charge is 0.262 e. The van der Waals surface area contributed by atoms with Crippen molar-refractivity contribution in [2.45, 2.75) is 12.3 Å². The number of nitrogens with two attached hydrogens (primary N) is 1. The van der Waals surface area contributed by atoms with Gasteiger partial charge in [-0.15, -0.1) is 11.6 Å². The first-order chi connectivity index (χ1) is 7.99. The van der Waals surface area contributed by atoms with Crippen LogP contribution >= 0.6 is 23.2 Å². The first-order valence-corrected chi connectivity index (χ1v) is 5.77. The Hall–Kier alpha value is -1.39. The summed E-state index contributed by atoms with van der Waals surface area (Å²) in [5, 5.41) is 0.883. The van der Waals surface area contributed by atoms with Gasteiger partial charge in [-0.1, -0.05) is 17.7 Å². The molecule has 1 atom stereocenters. The van der Waals surface area contributed by atoms with Crippen molar-refractivity contribution >= 4 is 40.5 Å².